The second-order valence-electron chi connectivity index (χ2n) is 8.21. The molecule has 0 unspecified atom stereocenters. The number of hydrogen-bond donors (Lipinski definition) is 0. The minimum atomic E-state index is 1.02. The zero-order chi connectivity index (χ0) is 20.6. The van der Waals surface area contributed by atoms with Crippen molar-refractivity contribution in [1.82, 2.24) is 9.55 Å². The van der Waals surface area contributed by atoms with E-state index in [1.807, 2.05) is 0 Å². The zero-order valence-electron chi connectivity index (χ0n) is 18.9. The van der Waals surface area contributed by atoms with Crippen LogP contribution in [-0.2, 0) is 0 Å². The number of nitrogens with zero attached hydrogens (tertiary/aromatic N) is 3. The van der Waals surface area contributed by atoms with E-state index in [-0.39, 0.29) is 0 Å². The molecule has 0 aliphatic carbocycles. The van der Waals surface area contributed by atoms with Crippen molar-refractivity contribution in [3.05, 3.63) is 51.8 Å². The molecule has 0 spiro atoms. The number of rotatable bonds is 6. The molecule has 0 bridgehead atoms. The minimum Gasteiger partial charge on any atom is -0.371 e. The number of aromatic nitrogens is 2. The lowest BCUT2D eigenvalue weighted by Gasteiger charge is -2.26. The van der Waals surface area contributed by atoms with Gasteiger partial charge in [-0.05, 0) is 77.6 Å². The molecule has 1 aromatic carbocycles. The third-order valence-electron chi connectivity index (χ3n) is 5.92. The first kappa shape index (κ1) is 20.4. The molecule has 0 radical (unpaired) electrons. The Morgan fingerprint density at radius 1 is 0.929 bits per heavy atom. The van der Waals surface area contributed by atoms with E-state index in [4.69, 9.17) is 4.98 Å². The van der Waals surface area contributed by atoms with Gasteiger partial charge in [-0.15, -0.1) is 0 Å². The lowest BCUT2D eigenvalue weighted by Crippen LogP contribution is -2.25. The summed E-state index contributed by atoms with van der Waals surface area (Å²) in [7, 11) is 0. The van der Waals surface area contributed by atoms with Crippen LogP contribution in [0.4, 0.5) is 5.69 Å². The fraction of sp³-hybridized carbons (Fsp3) is 0.480. The molecule has 0 N–H and O–H groups in total. The lowest BCUT2D eigenvalue weighted by atomic mass is 10.0. The Morgan fingerprint density at radius 3 is 2.14 bits per heavy atom. The normalized spacial score (nSPS) is 11.4. The van der Waals surface area contributed by atoms with Crippen molar-refractivity contribution in [3.8, 4) is 5.69 Å². The van der Waals surface area contributed by atoms with Gasteiger partial charge in [0.05, 0.1) is 11.4 Å². The summed E-state index contributed by atoms with van der Waals surface area (Å²) >= 11 is 0. The third kappa shape index (κ3) is 3.43. The zero-order valence-corrected chi connectivity index (χ0v) is 18.9. The van der Waals surface area contributed by atoms with Crippen LogP contribution in [0, 0.1) is 41.5 Å². The van der Waals surface area contributed by atoms with E-state index < -0.39 is 0 Å². The van der Waals surface area contributed by atoms with E-state index in [1.54, 1.807) is 0 Å². The molecule has 150 valence electrons. The van der Waals surface area contributed by atoms with Crippen LogP contribution in [0.3, 0.4) is 0 Å². The molecule has 2 aromatic heterocycles. The van der Waals surface area contributed by atoms with Crippen LogP contribution in [0.2, 0.25) is 0 Å². The van der Waals surface area contributed by atoms with Gasteiger partial charge in [0.1, 0.15) is 5.65 Å². The highest BCUT2D eigenvalue weighted by molar-refractivity contribution is 5.94. The highest BCUT2D eigenvalue weighted by Gasteiger charge is 2.21. The largest absolute Gasteiger partial charge is 0.371 e. The number of pyridine rings is 1. The van der Waals surface area contributed by atoms with Gasteiger partial charge in [-0.25, -0.2) is 4.98 Å². The molecule has 0 atom stereocenters. The molecule has 28 heavy (non-hydrogen) atoms. The number of benzene rings is 1. The monoisotopic (exact) mass is 377 g/mol. The van der Waals surface area contributed by atoms with Gasteiger partial charge in [-0.2, -0.15) is 0 Å². The Hall–Kier alpha value is -2.29. The Bertz CT molecular complexity index is 988. The number of fused-ring (bicyclic) bond motifs is 1. The number of unbranched alkanes of at least 4 members (excludes halogenated alkanes) is 1. The van der Waals surface area contributed by atoms with Crippen LogP contribution in [0.15, 0.2) is 18.2 Å². The van der Waals surface area contributed by atoms with Gasteiger partial charge in [0, 0.05) is 29.9 Å². The van der Waals surface area contributed by atoms with Crippen molar-refractivity contribution in [2.24, 2.45) is 0 Å². The van der Waals surface area contributed by atoms with Crippen LogP contribution in [0.25, 0.3) is 16.7 Å². The van der Waals surface area contributed by atoms with Crippen molar-refractivity contribution in [1.29, 1.82) is 0 Å². The molecule has 0 saturated carbocycles. The summed E-state index contributed by atoms with van der Waals surface area (Å²) in [4.78, 5) is 7.61. The van der Waals surface area contributed by atoms with E-state index in [9.17, 15) is 0 Å². The van der Waals surface area contributed by atoms with Crippen LogP contribution in [0.5, 0.6) is 0 Å². The first-order chi connectivity index (χ1) is 13.3. The number of hydrogen-bond acceptors (Lipinski definition) is 2. The summed E-state index contributed by atoms with van der Waals surface area (Å²) in [6, 6.07) is 6.88. The molecule has 0 aliphatic rings. The van der Waals surface area contributed by atoms with Crippen LogP contribution in [0.1, 0.15) is 60.3 Å². The number of anilines is 1. The average molecular weight is 378 g/mol. The van der Waals surface area contributed by atoms with Gasteiger partial charge >= 0.3 is 0 Å². The van der Waals surface area contributed by atoms with Crippen molar-refractivity contribution in [3.63, 3.8) is 0 Å². The smallest absolute Gasteiger partial charge is 0.147 e. The fourth-order valence-corrected chi connectivity index (χ4v) is 4.52. The van der Waals surface area contributed by atoms with Gasteiger partial charge in [0.15, 0.2) is 0 Å². The SMILES string of the molecule is CCCCN(CC)c1c(C)c(C)nc2c1cc(C)n2-c1c(C)cc(C)cc1C. The fourth-order valence-electron chi connectivity index (χ4n) is 4.52. The molecule has 0 amide bonds. The van der Waals surface area contributed by atoms with Gasteiger partial charge in [0.2, 0.25) is 0 Å². The molecule has 0 saturated heterocycles. The van der Waals surface area contributed by atoms with Crippen molar-refractivity contribution < 1.29 is 0 Å². The molecule has 2 heterocycles. The standard InChI is InChI=1S/C25H35N3/c1-9-11-12-27(10-2)24-20(7)21(8)26-25-22(24)15-19(6)28(25)23-17(4)13-16(3)14-18(23)5/h13-15H,9-12H2,1-8H3. The van der Waals surface area contributed by atoms with Crippen molar-refractivity contribution >= 4 is 16.7 Å². The van der Waals surface area contributed by atoms with Gasteiger partial charge in [-0.3, -0.25) is 4.57 Å². The van der Waals surface area contributed by atoms with Gasteiger partial charge < -0.3 is 4.90 Å². The summed E-state index contributed by atoms with van der Waals surface area (Å²) in [5, 5.41) is 1.28. The quantitative estimate of drug-likeness (QED) is 0.489. The van der Waals surface area contributed by atoms with E-state index in [0.29, 0.717) is 0 Å². The van der Waals surface area contributed by atoms with Crippen molar-refractivity contribution in [2.75, 3.05) is 18.0 Å². The van der Waals surface area contributed by atoms with Crippen LogP contribution < -0.4 is 4.90 Å². The van der Waals surface area contributed by atoms with Crippen LogP contribution in [-0.4, -0.2) is 22.6 Å². The predicted octanol–water partition coefficient (Wildman–Crippen LogP) is 6.50. The average Bonchev–Trinajstić information content (AvgIpc) is 2.93. The molecule has 3 aromatic rings. The van der Waals surface area contributed by atoms with E-state index in [1.165, 1.54) is 57.6 Å². The maximum Gasteiger partial charge on any atom is 0.147 e. The first-order valence-corrected chi connectivity index (χ1v) is 10.6. The second-order valence-corrected chi connectivity index (χ2v) is 8.21. The topological polar surface area (TPSA) is 21.1 Å². The summed E-state index contributed by atoms with van der Waals surface area (Å²) in [6.45, 7) is 19.8. The summed E-state index contributed by atoms with van der Waals surface area (Å²) in [5.74, 6) is 0. The van der Waals surface area contributed by atoms with E-state index in [2.05, 4.69) is 83.1 Å². The lowest BCUT2D eigenvalue weighted by molar-refractivity contribution is 0.731. The molecular formula is C25H35N3. The maximum absolute atomic E-state index is 5.07. The Balaban J connectivity index is 2.33. The Labute approximate surface area is 170 Å². The van der Waals surface area contributed by atoms with Crippen LogP contribution >= 0.6 is 0 Å². The number of aryl methyl sites for hydroxylation is 5. The third-order valence-corrected chi connectivity index (χ3v) is 5.92. The molecule has 0 fully saturated rings. The molecule has 3 heteroatoms. The maximum atomic E-state index is 5.07. The Morgan fingerprint density at radius 2 is 1.57 bits per heavy atom. The summed E-state index contributed by atoms with van der Waals surface area (Å²) in [5.41, 5.74) is 11.3. The van der Waals surface area contributed by atoms with Crippen molar-refractivity contribution in [2.45, 2.75) is 68.2 Å². The summed E-state index contributed by atoms with van der Waals surface area (Å²) < 4.78 is 2.36. The second kappa shape index (κ2) is 7.98. The summed E-state index contributed by atoms with van der Waals surface area (Å²) in [6.07, 6.45) is 2.43. The molecule has 3 rings (SSSR count). The van der Waals surface area contributed by atoms with E-state index in [0.717, 1.165) is 24.4 Å². The highest BCUT2D eigenvalue weighted by Crippen LogP contribution is 2.36. The minimum absolute atomic E-state index is 1.02. The molecule has 0 aliphatic heterocycles. The van der Waals surface area contributed by atoms with Gasteiger partial charge in [0.25, 0.3) is 0 Å². The van der Waals surface area contributed by atoms with E-state index >= 15 is 0 Å². The molecule has 3 nitrogen and oxygen atoms in total. The molecular weight excluding hydrogens is 342 g/mol. The highest BCUT2D eigenvalue weighted by atomic mass is 15.1. The Kier molecular flexibility index (Phi) is 5.83. The predicted molar refractivity (Wildman–Crippen MR) is 122 cm³/mol. The van der Waals surface area contributed by atoms with Gasteiger partial charge in [-0.1, -0.05) is 31.0 Å². The first-order valence-electron chi connectivity index (χ1n) is 10.6.